The highest BCUT2D eigenvalue weighted by atomic mass is 35.5. The molecule has 0 atom stereocenters. The standard InChI is InChI=1S/C19H21ClN2O2/c20-17-13-15(9-10-18(17)22-11-5-2-6-12-22)21-19(23)14-24-16-7-3-1-4-8-16/h1,3-4,7-10,13H,2,5-6,11-12,14H2,(H,21,23). The molecule has 2 aromatic rings. The van der Waals surface area contributed by atoms with Crippen molar-refractivity contribution in [3.63, 3.8) is 0 Å². The third kappa shape index (κ3) is 4.42. The molecular weight excluding hydrogens is 324 g/mol. The number of nitrogens with zero attached hydrogens (tertiary/aromatic N) is 1. The molecule has 0 aliphatic carbocycles. The molecule has 1 amide bonds. The van der Waals surface area contributed by atoms with Crippen molar-refractivity contribution in [2.45, 2.75) is 19.3 Å². The fourth-order valence-corrected chi connectivity index (χ4v) is 3.14. The summed E-state index contributed by atoms with van der Waals surface area (Å²) in [5, 5.41) is 3.48. The number of nitrogens with one attached hydrogen (secondary N) is 1. The van der Waals surface area contributed by atoms with Gasteiger partial charge in [-0.05, 0) is 49.6 Å². The van der Waals surface area contributed by atoms with Crippen molar-refractivity contribution in [3.05, 3.63) is 53.6 Å². The first kappa shape index (κ1) is 16.7. The van der Waals surface area contributed by atoms with E-state index in [4.69, 9.17) is 16.3 Å². The second-order valence-electron chi connectivity index (χ2n) is 5.86. The Hall–Kier alpha value is -2.20. The summed E-state index contributed by atoms with van der Waals surface area (Å²) in [7, 11) is 0. The van der Waals surface area contributed by atoms with Gasteiger partial charge in [-0.2, -0.15) is 0 Å². The number of benzene rings is 2. The van der Waals surface area contributed by atoms with E-state index in [1.54, 1.807) is 6.07 Å². The van der Waals surface area contributed by atoms with Crippen LogP contribution >= 0.6 is 11.6 Å². The summed E-state index contributed by atoms with van der Waals surface area (Å²) in [4.78, 5) is 14.3. The van der Waals surface area contributed by atoms with Gasteiger partial charge in [0.2, 0.25) is 0 Å². The van der Waals surface area contributed by atoms with E-state index in [1.807, 2.05) is 42.5 Å². The van der Waals surface area contributed by atoms with Gasteiger partial charge < -0.3 is 15.0 Å². The molecular formula is C19H21ClN2O2. The van der Waals surface area contributed by atoms with Gasteiger partial charge in [0.05, 0.1) is 10.7 Å². The van der Waals surface area contributed by atoms with Crippen molar-refractivity contribution in [1.82, 2.24) is 0 Å². The molecule has 1 aliphatic rings. The second kappa shape index (κ2) is 8.06. The normalized spacial score (nSPS) is 14.3. The summed E-state index contributed by atoms with van der Waals surface area (Å²) in [5.74, 6) is 0.465. The van der Waals surface area contributed by atoms with Crippen molar-refractivity contribution in [2.24, 2.45) is 0 Å². The molecule has 0 aromatic heterocycles. The Labute approximate surface area is 147 Å². The molecule has 1 fully saturated rings. The van der Waals surface area contributed by atoms with Crippen LogP contribution in [0, 0.1) is 0 Å². The van der Waals surface area contributed by atoms with Gasteiger partial charge in [0.25, 0.3) is 5.91 Å². The predicted molar refractivity (Wildman–Crippen MR) is 98.1 cm³/mol. The Bertz CT molecular complexity index is 685. The predicted octanol–water partition coefficient (Wildman–Crippen LogP) is 4.35. The summed E-state index contributed by atoms with van der Waals surface area (Å²) in [5.41, 5.74) is 1.72. The zero-order valence-corrected chi connectivity index (χ0v) is 14.3. The van der Waals surface area contributed by atoms with Gasteiger partial charge >= 0.3 is 0 Å². The van der Waals surface area contributed by atoms with E-state index in [0.717, 1.165) is 18.8 Å². The third-order valence-corrected chi connectivity index (χ3v) is 4.34. The Morgan fingerprint density at radius 1 is 1.08 bits per heavy atom. The lowest BCUT2D eigenvalue weighted by Gasteiger charge is -2.29. The number of hydrogen-bond donors (Lipinski definition) is 1. The minimum Gasteiger partial charge on any atom is -0.484 e. The first-order valence-electron chi connectivity index (χ1n) is 8.24. The van der Waals surface area contributed by atoms with Crippen LogP contribution in [0.15, 0.2) is 48.5 Å². The maximum atomic E-state index is 12.0. The molecule has 3 rings (SSSR count). The quantitative estimate of drug-likeness (QED) is 0.876. The molecule has 1 heterocycles. The van der Waals surface area contributed by atoms with E-state index in [-0.39, 0.29) is 12.5 Å². The number of carbonyl (C=O) groups excluding carboxylic acids is 1. The third-order valence-electron chi connectivity index (χ3n) is 4.04. The molecule has 1 aliphatic heterocycles. The van der Waals surface area contributed by atoms with Gasteiger partial charge in [0.15, 0.2) is 6.61 Å². The summed E-state index contributed by atoms with van der Waals surface area (Å²) < 4.78 is 5.44. The summed E-state index contributed by atoms with van der Waals surface area (Å²) >= 11 is 6.39. The molecule has 126 valence electrons. The highest BCUT2D eigenvalue weighted by Crippen LogP contribution is 2.30. The monoisotopic (exact) mass is 344 g/mol. The van der Waals surface area contributed by atoms with Gasteiger partial charge in [0.1, 0.15) is 5.75 Å². The van der Waals surface area contributed by atoms with Crippen LogP contribution in [0.5, 0.6) is 5.75 Å². The maximum Gasteiger partial charge on any atom is 0.262 e. The fraction of sp³-hybridized carbons (Fsp3) is 0.316. The summed E-state index contributed by atoms with van der Waals surface area (Å²) in [6, 6.07) is 14.9. The van der Waals surface area contributed by atoms with Gasteiger partial charge in [-0.25, -0.2) is 0 Å². The molecule has 0 bridgehead atoms. The summed E-state index contributed by atoms with van der Waals surface area (Å²) in [6.07, 6.45) is 3.68. The van der Waals surface area contributed by atoms with Crippen LogP contribution in [-0.4, -0.2) is 25.6 Å². The second-order valence-corrected chi connectivity index (χ2v) is 6.27. The van der Waals surface area contributed by atoms with Crippen LogP contribution < -0.4 is 15.0 Å². The Morgan fingerprint density at radius 2 is 1.83 bits per heavy atom. The van der Waals surface area contributed by atoms with E-state index < -0.39 is 0 Å². The summed E-state index contributed by atoms with van der Waals surface area (Å²) in [6.45, 7) is 2.04. The van der Waals surface area contributed by atoms with Gasteiger partial charge in [-0.3, -0.25) is 4.79 Å². The Balaban J connectivity index is 1.57. The minimum absolute atomic E-state index is 0.0322. The van der Waals surface area contributed by atoms with Crippen LogP contribution in [0.25, 0.3) is 0 Å². The minimum atomic E-state index is -0.208. The molecule has 0 spiro atoms. The number of piperidine rings is 1. The Kier molecular flexibility index (Phi) is 5.59. The van der Waals surface area contributed by atoms with E-state index >= 15 is 0 Å². The topological polar surface area (TPSA) is 41.6 Å². The molecule has 5 heteroatoms. The zero-order chi connectivity index (χ0) is 16.8. The average molecular weight is 345 g/mol. The molecule has 1 N–H and O–H groups in total. The van der Waals surface area contributed by atoms with Crippen LogP contribution in [0.2, 0.25) is 5.02 Å². The van der Waals surface area contributed by atoms with Crippen molar-refractivity contribution in [1.29, 1.82) is 0 Å². The van der Waals surface area contributed by atoms with Gasteiger partial charge in [-0.15, -0.1) is 0 Å². The van der Waals surface area contributed by atoms with Gasteiger partial charge in [-0.1, -0.05) is 29.8 Å². The van der Waals surface area contributed by atoms with E-state index in [2.05, 4.69) is 10.2 Å². The molecule has 1 saturated heterocycles. The number of halogens is 1. The first-order valence-corrected chi connectivity index (χ1v) is 8.62. The van der Waals surface area contributed by atoms with E-state index in [9.17, 15) is 4.79 Å². The van der Waals surface area contributed by atoms with Crippen molar-refractivity contribution in [2.75, 3.05) is 29.9 Å². The van der Waals surface area contributed by atoms with Crippen LogP contribution in [-0.2, 0) is 4.79 Å². The number of carbonyl (C=O) groups is 1. The molecule has 0 radical (unpaired) electrons. The lowest BCUT2D eigenvalue weighted by molar-refractivity contribution is -0.118. The molecule has 24 heavy (non-hydrogen) atoms. The lowest BCUT2D eigenvalue weighted by Crippen LogP contribution is -2.29. The smallest absolute Gasteiger partial charge is 0.262 e. The van der Waals surface area contributed by atoms with E-state index in [0.29, 0.717) is 16.5 Å². The van der Waals surface area contributed by atoms with Crippen LogP contribution in [0.3, 0.4) is 0 Å². The lowest BCUT2D eigenvalue weighted by atomic mass is 10.1. The average Bonchev–Trinajstić information content (AvgIpc) is 2.62. The fourth-order valence-electron chi connectivity index (χ4n) is 2.84. The van der Waals surface area contributed by atoms with Crippen molar-refractivity contribution in [3.8, 4) is 5.75 Å². The van der Waals surface area contributed by atoms with Crippen LogP contribution in [0.1, 0.15) is 19.3 Å². The first-order chi connectivity index (χ1) is 11.7. The number of rotatable bonds is 5. The van der Waals surface area contributed by atoms with Gasteiger partial charge in [0, 0.05) is 18.8 Å². The van der Waals surface area contributed by atoms with Crippen LogP contribution in [0.4, 0.5) is 11.4 Å². The largest absolute Gasteiger partial charge is 0.484 e. The van der Waals surface area contributed by atoms with E-state index in [1.165, 1.54) is 19.3 Å². The number of anilines is 2. The highest BCUT2D eigenvalue weighted by Gasteiger charge is 2.14. The van der Waals surface area contributed by atoms with Crippen molar-refractivity contribution >= 4 is 28.9 Å². The number of hydrogen-bond acceptors (Lipinski definition) is 3. The number of amides is 1. The molecule has 0 saturated carbocycles. The zero-order valence-electron chi connectivity index (χ0n) is 13.5. The molecule has 4 nitrogen and oxygen atoms in total. The number of ether oxygens (including phenoxy) is 1. The SMILES string of the molecule is O=C(COc1ccccc1)Nc1ccc(N2CCCCC2)c(Cl)c1. The molecule has 2 aromatic carbocycles. The highest BCUT2D eigenvalue weighted by molar-refractivity contribution is 6.33. The Morgan fingerprint density at radius 3 is 2.54 bits per heavy atom. The molecule has 0 unspecified atom stereocenters. The van der Waals surface area contributed by atoms with Crippen molar-refractivity contribution < 1.29 is 9.53 Å². The number of para-hydroxylation sites is 1. The maximum absolute atomic E-state index is 12.0.